The molecule has 1 aliphatic rings. The number of carbonyl (C=O) groups is 1. The van der Waals surface area contributed by atoms with E-state index in [1.54, 1.807) is 17.1 Å². The number of hydrogen-bond donors (Lipinski definition) is 0. The SMILES string of the molecule is CCN(C(=O)c1cnn(C)c1)C1CCN(C(C)c2ccccc2)C1. The van der Waals surface area contributed by atoms with Crippen LogP contribution in [0.15, 0.2) is 42.7 Å². The van der Waals surface area contributed by atoms with E-state index in [-0.39, 0.29) is 11.9 Å². The Balaban J connectivity index is 1.68. The lowest BCUT2D eigenvalue weighted by molar-refractivity contribution is 0.0689. The summed E-state index contributed by atoms with van der Waals surface area (Å²) in [6, 6.07) is 11.2. The summed E-state index contributed by atoms with van der Waals surface area (Å²) in [6.07, 6.45) is 4.48. The van der Waals surface area contributed by atoms with Gasteiger partial charge in [-0.1, -0.05) is 30.3 Å². The average molecular weight is 326 g/mol. The number of benzene rings is 1. The second-order valence-electron chi connectivity index (χ2n) is 6.52. The van der Waals surface area contributed by atoms with Gasteiger partial charge in [0.05, 0.1) is 11.8 Å². The molecule has 1 amide bonds. The van der Waals surface area contributed by atoms with Crippen LogP contribution < -0.4 is 0 Å². The molecule has 1 saturated heterocycles. The van der Waals surface area contributed by atoms with Gasteiger partial charge in [-0.05, 0) is 25.8 Å². The van der Waals surface area contributed by atoms with Gasteiger partial charge >= 0.3 is 0 Å². The molecule has 1 aromatic carbocycles. The summed E-state index contributed by atoms with van der Waals surface area (Å²) >= 11 is 0. The molecule has 1 aromatic heterocycles. The van der Waals surface area contributed by atoms with Crippen molar-refractivity contribution < 1.29 is 4.79 Å². The Morgan fingerprint density at radius 3 is 2.75 bits per heavy atom. The Bertz CT molecular complexity index is 682. The minimum absolute atomic E-state index is 0.0878. The molecule has 0 bridgehead atoms. The fourth-order valence-electron chi connectivity index (χ4n) is 3.58. The highest BCUT2D eigenvalue weighted by atomic mass is 16.2. The Kier molecular flexibility index (Phi) is 5.00. The first-order valence-electron chi connectivity index (χ1n) is 8.68. The standard InChI is InChI=1S/C19H26N4O/c1-4-23(19(24)17-12-20-21(3)13-17)18-10-11-22(14-18)15(2)16-8-6-5-7-9-16/h5-9,12-13,15,18H,4,10-11,14H2,1-3H3. The van der Waals surface area contributed by atoms with Gasteiger partial charge in [-0.15, -0.1) is 0 Å². The molecule has 0 radical (unpaired) electrons. The van der Waals surface area contributed by atoms with Crippen LogP contribution in [0.4, 0.5) is 0 Å². The number of rotatable bonds is 5. The molecule has 1 aliphatic heterocycles. The van der Waals surface area contributed by atoms with Crippen LogP contribution in [0, 0.1) is 0 Å². The van der Waals surface area contributed by atoms with Gasteiger partial charge < -0.3 is 4.90 Å². The Morgan fingerprint density at radius 2 is 2.12 bits per heavy atom. The Morgan fingerprint density at radius 1 is 1.38 bits per heavy atom. The fraction of sp³-hybridized carbons (Fsp3) is 0.474. The first kappa shape index (κ1) is 16.7. The highest BCUT2D eigenvalue weighted by molar-refractivity contribution is 5.94. The zero-order valence-electron chi connectivity index (χ0n) is 14.7. The maximum Gasteiger partial charge on any atom is 0.257 e. The quantitative estimate of drug-likeness (QED) is 0.848. The first-order valence-corrected chi connectivity index (χ1v) is 8.68. The van der Waals surface area contributed by atoms with Crippen molar-refractivity contribution >= 4 is 5.91 Å². The molecule has 2 aromatic rings. The maximum atomic E-state index is 12.8. The molecular weight excluding hydrogens is 300 g/mol. The Hall–Kier alpha value is -2.14. The van der Waals surface area contributed by atoms with E-state index in [4.69, 9.17) is 0 Å². The van der Waals surface area contributed by atoms with Crippen molar-refractivity contribution in [2.45, 2.75) is 32.4 Å². The lowest BCUT2D eigenvalue weighted by Crippen LogP contribution is -2.42. The average Bonchev–Trinajstić information content (AvgIpc) is 3.25. The van der Waals surface area contributed by atoms with Crippen molar-refractivity contribution in [3.63, 3.8) is 0 Å². The molecule has 24 heavy (non-hydrogen) atoms. The number of likely N-dealkylation sites (tertiary alicyclic amines) is 1. The van der Waals surface area contributed by atoms with E-state index >= 15 is 0 Å². The molecule has 128 valence electrons. The van der Waals surface area contributed by atoms with Gasteiger partial charge in [-0.3, -0.25) is 14.4 Å². The van der Waals surface area contributed by atoms with Crippen LogP contribution in [0.3, 0.4) is 0 Å². The molecule has 0 saturated carbocycles. The zero-order chi connectivity index (χ0) is 17.1. The zero-order valence-corrected chi connectivity index (χ0v) is 14.7. The molecule has 5 nitrogen and oxygen atoms in total. The van der Waals surface area contributed by atoms with Crippen molar-refractivity contribution in [2.75, 3.05) is 19.6 Å². The predicted molar refractivity (Wildman–Crippen MR) is 94.8 cm³/mol. The monoisotopic (exact) mass is 326 g/mol. The molecule has 2 heterocycles. The van der Waals surface area contributed by atoms with Gasteiger partial charge in [0.1, 0.15) is 0 Å². The van der Waals surface area contributed by atoms with Crippen molar-refractivity contribution in [2.24, 2.45) is 7.05 Å². The topological polar surface area (TPSA) is 41.4 Å². The van der Waals surface area contributed by atoms with Gasteiger partial charge in [-0.25, -0.2) is 0 Å². The largest absolute Gasteiger partial charge is 0.335 e. The van der Waals surface area contributed by atoms with Crippen molar-refractivity contribution in [1.29, 1.82) is 0 Å². The minimum atomic E-state index is 0.0878. The molecular formula is C19H26N4O. The first-order chi connectivity index (χ1) is 11.6. The molecule has 0 N–H and O–H groups in total. The van der Waals surface area contributed by atoms with E-state index in [9.17, 15) is 4.79 Å². The summed E-state index contributed by atoms with van der Waals surface area (Å²) in [5.41, 5.74) is 2.01. The van der Waals surface area contributed by atoms with Gasteiger partial charge in [0, 0.05) is 45.0 Å². The molecule has 0 spiro atoms. The van der Waals surface area contributed by atoms with Crippen LogP contribution in [0.2, 0.25) is 0 Å². The smallest absolute Gasteiger partial charge is 0.257 e. The number of likely N-dealkylation sites (N-methyl/N-ethyl adjacent to an activating group) is 1. The number of aromatic nitrogens is 2. The third-order valence-corrected chi connectivity index (χ3v) is 5.02. The van der Waals surface area contributed by atoms with Crippen LogP contribution in [-0.2, 0) is 7.05 Å². The predicted octanol–water partition coefficient (Wildman–Crippen LogP) is 2.72. The lowest BCUT2D eigenvalue weighted by atomic mass is 10.1. The number of nitrogens with zero attached hydrogens (tertiary/aromatic N) is 4. The van der Waals surface area contributed by atoms with Crippen LogP contribution >= 0.6 is 0 Å². The number of amides is 1. The van der Waals surface area contributed by atoms with Crippen molar-refractivity contribution in [3.05, 3.63) is 53.9 Å². The highest BCUT2D eigenvalue weighted by Gasteiger charge is 2.32. The van der Waals surface area contributed by atoms with Gasteiger partial charge in [0.25, 0.3) is 5.91 Å². The third kappa shape index (κ3) is 3.36. The normalized spacial score (nSPS) is 19.4. The molecule has 5 heteroatoms. The van der Waals surface area contributed by atoms with Gasteiger partial charge in [0.15, 0.2) is 0 Å². The van der Waals surface area contributed by atoms with Crippen LogP contribution in [0.5, 0.6) is 0 Å². The molecule has 1 fully saturated rings. The second kappa shape index (κ2) is 7.18. The summed E-state index contributed by atoms with van der Waals surface area (Å²) in [5.74, 6) is 0.0878. The van der Waals surface area contributed by atoms with Crippen LogP contribution in [-0.4, -0.2) is 51.2 Å². The van der Waals surface area contributed by atoms with Gasteiger partial charge in [0.2, 0.25) is 0 Å². The summed E-state index contributed by atoms with van der Waals surface area (Å²) in [6.45, 7) is 6.98. The van der Waals surface area contributed by atoms with Crippen molar-refractivity contribution in [3.8, 4) is 0 Å². The summed E-state index contributed by atoms with van der Waals surface area (Å²) < 4.78 is 1.68. The molecule has 0 aliphatic carbocycles. The molecule has 2 atom stereocenters. The van der Waals surface area contributed by atoms with E-state index in [0.717, 1.165) is 26.1 Å². The van der Waals surface area contributed by atoms with E-state index in [0.29, 0.717) is 11.6 Å². The maximum absolute atomic E-state index is 12.8. The number of carbonyl (C=O) groups excluding carboxylic acids is 1. The van der Waals surface area contributed by atoms with Crippen LogP contribution in [0.1, 0.15) is 42.2 Å². The highest BCUT2D eigenvalue weighted by Crippen LogP contribution is 2.27. The number of hydrogen-bond acceptors (Lipinski definition) is 3. The van der Waals surface area contributed by atoms with Gasteiger partial charge in [-0.2, -0.15) is 5.10 Å². The lowest BCUT2D eigenvalue weighted by Gasteiger charge is -2.29. The summed E-state index contributed by atoms with van der Waals surface area (Å²) in [4.78, 5) is 17.2. The van der Waals surface area contributed by atoms with E-state index in [2.05, 4.69) is 48.1 Å². The number of aryl methyl sites for hydroxylation is 1. The van der Waals surface area contributed by atoms with Crippen LogP contribution in [0.25, 0.3) is 0 Å². The summed E-state index contributed by atoms with van der Waals surface area (Å²) in [5, 5.41) is 4.12. The van der Waals surface area contributed by atoms with E-state index < -0.39 is 0 Å². The van der Waals surface area contributed by atoms with E-state index in [1.165, 1.54) is 5.56 Å². The summed E-state index contributed by atoms with van der Waals surface area (Å²) in [7, 11) is 1.84. The van der Waals surface area contributed by atoms with E-state index in [1.807, 2.05) is 18.0 Å². The minimum Gasteiger partial charge on any atom is -0.335 e. The second-order valence-corrected chi connectivity index (χ2v) is 6.52. The Labute approximate surface area is 143 Å². The molecule has 2 unspecified atom stereocenters. The fourth-order valence-corrected chi connectivity index (χ4v) is 3.58. The molecule has 3 rings (SSSR count). The van der Waals surface area contributed by atoms with Crippen molar-refractivity contribution in [1.82, 2.24) is 19.6 Å². The third-order valence-electron chi connectivity index (χ3n) is 5.02.